The summed E-state index contributed by atoms with van der Waals surface area (Å²) >= 11 is 0. The molecule has 2 nitrogen and oxygen atoms in total. The summed E-state index contributed by atoms with van der Waals surface area (Å²) in [4.78, 5) is 29.1. The molecule has 0 unspecified atom stereocenters. The summed E-state index contributed by atoms with van der Waals surface area (Å²) < 4.78 is 0. The minimum atomic E-state index is -1.90. The van der Waals surface area contributed by atoms with E-state index in [0.717, 1.165) is 12.8 Å². The number of hydrogen-bond acceptors (Lipinski definition) is 2. The molecule has 4 atom stereocenters. The molecule has 0 spiro atoms. The van der Waals surface area contributed by atoms with Gasteiger partial charge in [0.1, 0.15) is 0 Å². The molecule has 0 saturated carbocycles. The van der Waals surface area contributed by atoms with Crippen molar-refractivity contribution in [2.45, 2.75) is 64.0 Å². The predicted octanol–water partition coefficient (Wildman–Crippen LogP) is 7.17. The van der Waals surface area contributed by atoms with Gasteiger partial charge in [0.2, 0.25) is 0 Å². The quantitative estimate of drug-likeness (QED) is 0.207. The van der Waals surface area contributed by atoms with Crippen LogP contribution in [-0.2, 0) is 12.8 Å². The highest BCUT2D eigenvalue weighted by Crippen LogP contribution is 2.61. The number of fused-ring (bicyclic) bond motifs is 3. The molecule has 5 aliphatic carbocycles. The molecule has 0 N–H and O–H groups in total. The van der Waals surface area contributed by atoms with E-state index in [9.17, 15) is 9.59 Å². The SMILES string of the molecule is C[Si](C)(C)c1c2c(c([Si](C)(C)C)c3c1[C@H]1c4ccccc4[C@@H]3[C@@H]3C(=O)c4ccccc4C(=O)[C@H]13)Cc1ccccc1C2. The van der Waals surface area contributed by atoms with E-state index in [1.54, 1.807) is 21.5 Å². The Labute approximate surface area is 251 Å². The maximum absolute atomic E-state index is 14.6. The molecule has 0 radical (unpaired) electrons. The molecule has 0 heterocycles. The zero-order valence-electron chi connectivity index (χ0n) is 25.5. The van der Waals surface area contributed by atoms with Crippen molar-refractivity contribution in [3.05, 3.63) is 128 Å². The average Bonchev–Trinajstić information content (AvgIpc) is 2.95. The molecule has 0 saturated heterocycles. The van der Waals surface area contributed by atoms with Crippen LogP contribution in [0.15, 0.2) is 72.8 Å². The number of rotatable bonds is 2. The average molecular weight is 583 g/mol. The van der Waals surface area contributed by atoms with E-state index in [4.69, 9.17) is 0 Å². The van der Waals surface area contributed by atoms with Crippen molar-refractivity contribution in [3.63, 3.8) is 0 Å². The maximum atomic E-state index is 14.6. The number of benzene rings is 4. The van der Waals surface area contributed by atoms with Crippen LogP contribution >= 0.6 is 0 Å². The number of carbonyl (C=O) groups is 2. The van der Waals surface area contributed by atoms with Gasteiger partial charge in [0.05, 0.1) is 16.1 Å². The summed E-state index contributed by atoms with van der Waals surface area (Å²) in [5.41, 5.74) is 12.7. The highest BCUT2D eigenvalue weighted by molar-refractivity contribution is 6.91. The van der Waals surface area contributed by atoms with Crippen molar-refractivity contribution in [1.29, 1.82) is 0 Å². The fourth-order valence-corrected chi connectivity index (χ4v) is 13.9. The molecule has 4 aromatic carbocycles. The van der Waals surface area contributed by atoms with E-state index in [0.29, 0.717) is 11.1 Å². The largest absolute Gasteiger partial charge is 0.294 e. The van der Waals surface area contributed by atoms with Gasteiger partial charge in [0, 0.05) is 34.8 Å². The normalized spacial score (nSPS) is 23.4. The Kier molecular flexibility index (Phi) is 5.39. The van der Waals surface area contributed by atoms with E-state index in [1.165, 1.54) is 33.4 Å². The molecular weight excluding hydrogens is 545 g/mol. The first kappa shape index (κ1) is 26.3. The van der Waals surface area contributed by atoms with Crippen LogP contribution in [0.4, 0.5) is 0 Å². The summed E-state index contributed by atoms with van der Waals surface area (Å²) in [5, 5.41) is 3.15. The van der Waals surface area contributed by atoms with Crippen LogP contribution in [0.3, 0.4) is 0 Å². The Morgan fingerprint density at radius 2 is 0.881 bits per heavy atom. The van der Waals surface area contributed by atoms with Crippen LogP contribution < -0.4 is 10.4 Å². The summed E-state index contributed by atoms with van der Waals surface area (Å²) in [6, 6.07) is 25.4. The van der Waals surface area contributed by atoms with Gasteiger partial charge >= 0.3 is 0 Å². The van der Waals surface area contributed by atoms with Gasteiger partial charge in [0.15, 0.2) is 11.6 Å². The Morgan fingerprint density at radius 3 is 1.26 bits per heavy atom. The molecule has 210 valence electrons. The standard InChI is InChI=1S/C38H38O2Si2/c1-41(2,3)37-27-19-21-13-7-8-14-22(21)20-28(27)38(42(4,5)6)34-30-24-16-10-9-15-23(24)29(33(34)37)31-32(30)36(40)26-18-12-11-17-25(26)35(31)39/h7-18,29-32H,19-20H2,1-6H3/t29-,30+,31+,32-. The van der Waals surface area contributed by atoms with Gasteiger partial charge in [-0.25, -0.2) is 0 Å². The van der Waals surface area contributed by atoms with Gasteiger partial charge in [-0.05, 0) is 57.3 Å². The Bertz CT molecular complexity index is 1740. The highest BCUT2D eigenvalue weighted by Gasteiger charge is 2.60. The zero-order valence-corrected chi connectivity index (χ0v) is 27.5. The first-order valence-corrected chi connectivity index (χ1v) is 22.5. The molecule has 0 aliphatic heterocycles. The van der Waals surface area contributed by atoms with Gasteiger partial charge in [-0.3, -0.25) is 9.59 Å². The second-order valence-corrected chi connectivity index (χ2v) is 25.1. The minimum absolute atomic E-state index is 0.0738. The first-order chi connectivity index (χ1) is 20.0. The lowest BCUT2D eigenvalue weighted by Crippen LogP contribution is -2.59. The molecule has 42 heavy (non-hydrogen) atoms. The second-order valence-electron chi connectivity index (χ2n) is 15.1. The Morgan fingerprint density at radius 1 is 0.524 bits per heavy atom. The number of ketones is 2. The third kappa shape index (κ3) is 3.37. The number of hydrogen-bond donors (Lipinski definition) is 0. The third-order valence-corrected chi connectivity index (χ3v) is 14.7. The Hall–Kier alpha value is -3.35. The van der Waals surface area contributed by atoms with Crippen LogP contribution in [0.1, 0.15) is 77.1 Å². The van der Waals surface area contributed by atoms with Crippen LogP contribution in [0, 0.1) is 11.8 Å². The van der Waals surface area contributed by atoms with Gasteiger partial charge in [-0.15, -0.1) is 0 Å². The molecule has 0 fully saturated rings. The van der Waals surface area contributed by atoms with Crippen molar-refractivity contribution >= 4 is 38.1 Å². The second kappa shape index (κ2) is 8.61. The summed E-state index contributed by atoms with van der Waals surface area (Å²) in [5.74, 6) is -0.476. The molecule has 9 rings (SSSR count). The molecule has 5 aliphatic rings. The fraction of sp³-hybridized carbons (Fsp3) is 0.316. The van der Waals surface area contributed by atoms with E-state index in [-0.39, 0.29) is 35.2 Å². The van der Waals surface area contributed by atoms with Crippen molar-refractivity contribution in [2.24, 2.45) is 11.8 Å². The molecule has 4 aromatic rings. The maximum Gasteiger partial charge on any atom is 0.168 e. The monoisotopic (exact) mass is 582 g/mol. The van der Waals surface area contributed by atoms with Gasteiger partial charge in [-0.1, -0.05) is 122 Å². The number of Topliss-reactive ketones (excluding diaryl/α,β-unsaturated/α-hetero) is 2. The molecule has 0 aromatic heterocycles. The third-order valence-electron chi connectivity index (χ3n) is 10.6. The zero-order chi connectivity index (χ0) is 29.3. The molecule has 0 amide bonds. The lowest BCUT2D eigenvalue weighted by molar-refractivity contribution is 0.0665. The van der Waals surface area contributed by atoms with E-state index < -0.39 is 16.1 Å². The first-order valence-electron chi connectivity index (χ1n) is 15.5. The highest BCUT2D eigenvalue weighted by atomic mass is 28.3. The molecule has 2 bridgehead atoms. The van der Waals surface area contributed by atoms with E-state index in [2.05, 4.69) is 87.8 Å². The lowest BCUT2D eigenvalue weighted by Gasteiger charge is -2.55. The summed E-state index contributed by atoms with van der Waals surface area (Å²) in [6.45, 7) is 15.0. The van der Waals surface area contributed by atoms with Crippen molar-refractivity contribution in [2.75, 3.05) is 0 Å². The van der Waals surface area contributed by atoms with Crippen molar-refractivity contribution < 1.29 is 9.59 Å². The van der Waals surface area contributed by atoms with Crippen molar-refractivity contribution in [3.8, 4) is 0 Å². The van der Waals surface area contributed by atoms with Crippen LogP contribution in [0.2, 0.25) is 39.3 Å². The minimum Gasteiger partial charge on any atom is -0.294 e. The van der Waals surface area contributed by atoms with E-state index >= 15 is 0 Å². The topological polar surface area (TPSA) is 34.1 Å². The van der Waals surface area contributed by atoms with Gasteiger partial charge in [-0.2, -0.15) is 0 Å². The fourth-order valence-electron chi connectivity index (χ4n) is 9.38. The van der Waals surface area contributed by atoms with Crippen LogP contribution in [0.5, 0.6) is 0 Å². The smallest absolute Gasteiger partial charge is 0.168 e. The summed E-state index contributed by atoms with van der Waals surface area (Å²) in [6.07, 6.45) is 1.94. The molecule has 4 heteroatoms. The van der Waals surface area contributed by atoms with Crippen LogP contribution in [0.25, 0.3) is 0 Å². The van der Waals surface area contributed by atoms with Crippen LogP contribution in [-0.4, -0.2) is 27.7 Å². The Balaban J connectivity index is 1.53. The predicted molar refractivity (Wildman–Crippen MR) is 177 cm³/mol. The summed E-state index contributed by atoms with van der Waals surface area (Å²) in [7, 11) is -3.80. The molecular formula is C38H38O2Si2. The van der Waals surface area contributed by atoms with Gasteiger partial charge < -0.3 is 0 Å². The number of carbonyl (C=O) groups excluding carboxylic acids is 2. The lowest BCUT2D eigenvalue weighted by atomic mass is 9.49. The van der Waals surface area contributed by atoms with Crippen molar-refractivity contribution in [1.82, 2.24) is 0 Å². The van der Waals surface area contributed by atoms with E-state index in [1.807, 2.05) is 24.3 Å². The van der Waals surface area contributed by atoms with Gasteiger partial charge in [0.25, 0.3) is 0 Å².